The van der Waals surface area contributed by atoms with E-state index in [4.69, 9.17) is 9.47 Å². The number of ether oxygens (including phenoxy) is 2. The Balaban J connectivity index is 2.05. The van der Waals surface area contributed by atoms with E-state index in [0.717, 1.165) is 5.56 Å². The summed E-state index contributed by atoms with van der Waals surface area (Å²) >= 11 is 0. The Morgan fingerprint density at radius 3 is 2.32 bits per heavy atom. The number of carbonyl (C=O) groups excluding carboxylic acids is 1. The highest BCUT2D eigenvalue weighted by atomic mass is 16.5. The Hall–Kier alpha value is -2.49. The Labute approximate surface area is 131 Å². The molecule has 0 atom stereocenters. The first-order valence-electron chi connectivity index (χ1n) is 7.46. The molecule has 1 amide bonds. The minimum absolute atomic E-state index is 0.0576. The topological polar surface area (TPSA) is 47.6 Å². The van der Waals surface area contributed by atoms with Gasteiger partial charge in [0.1, 0.15) is 0 Å². The molecule has 0 aliphatic rings. The smallest absolute Gasteiger partial charge is 0.228 e. The fourth-order valence-electron chi connectivity index (χ4n) is 2.12. The summed E-state index contributed by atoms with van der Waals surface area (Å²) < 4.78 is 11.1. The van der Waals surface area contributed by atoms with Crippen molar-refractivity contribution in [3.63, 3.8) is 0 Å². The summed E-state index contributed by atoms with van der Waals surface area (Å²) in [5.74, 6) is 1.27. The molecule has 0 aromatic heterocycles. The van der Waals surface area contributed by atoms with Crippen LogP contribution >= 0.6 is 0 Å². The van der Waals surface area contributed by atoms with Gasteiger partial charge < -0.3 is 14.8 Å². The van der Waals surface area contributed by atoms with Crippen LogP contribution in [0.3, 0.4) is 0 Å². The second-order valence-corrected chi connectivity index (χ2v) is 4.74. The SMILES string of the molecule is CCOc1ccc(NC(=O)Cc2ccccc2)cc1OCC. The van der Waals surface area contributed by atoms with Gasteiger partial charge in [0, 0.05) is 11.8 Å². The fourth-order valence-corrected chi connectivity index (χ4v) is 2.12. The third kappa shape index (κ3) is 4.52. The molecule has 0 radical (unpaired) electrons. The average Bonchev–Trinajstić information content (AvgIpc) is 2.51. The van der Waals surface area contributed by atoms with Gasteiger partial charge in [-0.15, -0.1) is 0 Å². The molecule has 0 bridgehead atoms. The van der Waals surface area contributed by atoms with Gasteiger partial charge in [-0.05, 0) is 31.5 Å². The highest BCUT2D eigenvalue weighted by Crippen LogP contribution is 2.30. The summed E-state index contributed by atoms with van der Waals surface area (Å²) in [7, 11) is 0. The maximum absolute atomic E-state index is 12.1. The first-order chi connectivity index (χ1) is 10.7. The second kappa shape index (κ2) is 8.08. The van der Waals surface area contributed by atoms with Gasteiger partial charge in [0.2, 0.25) is 5.91 Å². The number of rotatable bonds is 7. The molecule has 22 heavy (non-hydrogen) atoms. The van der Waals surface area contributed by atoms with Crippen molar-refractivity contribution in [1.82, 2.24) is 0 Å². The van der Waals surface area contributed by atoms with Crippen LogP contribution in [0.2, 0.25) is 0 Å². The monoisotopic (exact) mass is 299 g/mol. The van der Waals surface area contributed by atoms with Crippen LogP contribution in [0.15, 0.2) is 48.5 Å². The molecule has 4 nitrogen and oxygen atoms in total. The summed E-state index contributed by atoms with van der Waals surface area (Å²) in [4.78, 5) is 12.1. The molecule has 0 aliphatic heterocycles. The first kappa shape index (κ1) is 15.9. The molecule has 2 aromatic rings. The van der Waals surface area contributed by atoms with Crippen LogP contribution < -0.4 is 14.8 Å². The molecule has 116 valence electrons. The molecule has 0 spiro atoms. The molecule has 0 unspecified atom stereocenters. The van der Waals surface area contributed by atoms with Crippen molar-refractivity contribution in [3.8, 4) is 11.5 Å². The van der Waals surface area contributed by atoms with Crippen LogP contribution in [0.1, 0.15) is 19.4 Å². The number of hydrogen-bond acceptors (Lipinski definition) is 3. The highest BCUT2D eigenvalue weighted by Gasteiger charge is 2.09. The van der Waals surface area contributed by atoms with E-state index in [1.54, 1.807) is 6.07 Å². The zero-order valence-corrected chi connectivity index (χ0v) is 13.0. The van der Waals surface area contributed by atoms with E-state index in [9.17, 15) is 4.79 Å². The van der Waals surface area contributed by atoms with Crippen LogP contribution in [0, 0.1) is 0 Å². The van der Waals surface area contributed by atoms with Gasteiger partial charge in [-0.1, -0.05) is 30.3 Å². The van der Waals surface area contributed by atoms with Gasteiger partial charge in [0.25, 0.3) is 0 Å². The molecule has 4 heteroatoms. The second-order valence-electron chi connectivity index (χ2n) is 4.74. The quantitative estimate of drug-likeness (QED) is 0.848. The summed E-state index contributed by atoms with van der Waals surface area (Å²) in [6.45, 7) is 4.95. The van der Waals surface area contributed by atoms with E-state index >= 15 is 0 Å². The molecule has 1 N–H and O–H groups in total. The summed E-state index contributed by atoms with van der Waals surface area (Å²) in [5, 5.41) is 2.88. The summed E-state index contributed by atoms with van der Waals surface area (Å²) in [6.07, 6.45) is 0.345. The molecular formula is C18H21NO3. The van der Waals surface area contributed by atoms with Gasteiger partial charge in [0.15, 0.2) is 11.5 Å². The van der Waals surface area contributed by atoms with Gasteiger partial charge in [-0.25, -0.2) is 0 Å². The van der Waals surface area contributed by atoms with Gasteiger partial charge in [-0.3, -0.25) is 4.79 Å². The lowest BCUT2D eigenvalue weighted by molar-refractivity contribution is -0.115. The van der Waals surface area contributed by atoms with E-state index in [0.29, 0.717) is 36.8 Å². The first-order valence-corrected chi connectivity index (χ1v) is 7.46. The molecule has 0 heterocycles. The van der Waals surface area contributed by atoms with Crippen LogP contribution in [0.25, 0.3) is 0 Å². The molecular weight excluding hydrogens is 278 g/mol. The van der Waals surface area contributed by atoms with E-state index in [2.05, 4.69) is 5.32 Å². The molecule has 0 saturated carbocycles. The zero-order chi connectivity index (χ0) is 15.8. The minimum atomic E-state index is -0.0576. The Morgan fingerprint density at radius 1 is 0.955 bits per heavy atom. The Bertz CT molecular complexity index is 611. The highest BCUT2D eigenvalue weighted by molar-refractivity contribution is 5.92. The van der Waals surface area contributed by atoms with Crippen LogP contribution in [-0.4, -0.2) is 19.1 Å². The predicted molar refractivity (Wildman–Crippen MR) is 87.6 cm³/mol. The van der Waals surface area contributed by atoms with E-state index in [-0.39, 0.29) is 5.91 Å². The number of benzene rings is 2. The van der Waals surface area contributed by atoms with Crippen molar-refractivity contribution in [2.45, 2.75) is 20.3 Å². The summed E-state index contributed by atoms with van der Waals surface area (Å²) in [5.41, 5.74) is 1.68. The van der Waals surface area contributed by atoms with Crippen molar-refractivity contribution in [2.75, 3.05) is 18.5 Å². The van der Waals surface area contributed by atoms with Crippen molar-refractivity contribution >= 4 is 11.6 Å². The normalized spacial score (nSPS) is 10.1. The van der Waals surface area contributed by atoms with Gasteiger partial charge >= 0.3 is 0 Å². The maximum atomic E-state index is 12.1. The van der Waals surface area contributed by atoms with Crippen molar-refractivity contribution in [2.24, 2.45) is 0 Å². The largest absolute Gasteiger partial charge is 0.490 e. The third-order valence-electron chi connectivity index (χ3n) is 3.03. The number of hydrogen-bond donors (Lipinski definition) is 1. The lowest BCUT2D eigenvalue weighted by Gasteiger charge is -2.13. The predicted octanol–water partition coefficient (Wildman–Crippen LogP) is 3.67. The van der Waals surface area contributed by atoms with Crippen molar-refractivity contribution in [3.05, 3.63) is 54.1 Å². The van der Waals surface area contributed by atoms with Crippen LogP contribution in [-0.2, 0) is 11.2 Å². The van der Waals surface area contributed by atoms with E-state index in [1.807, 2.05) is 56.3 Å². The molecule has 0 fully saturated rings. The van der Waals surface area contributed by atoms with E-state index in [1.165, 1.54) is 0 Å². The minimum Gasteiger partial charge on any atom is -0.490 e. The molecule has 2 aromatic carbocycles. The number of nitrogens with one attached hydrogen (secondary N) is 1. The lowest BCUT2D eigenvalue weighted by Crippen LogP contribution is -2.14. The molecule has 0 saturated heterocycles. The average molecular weight is 299 g/mol. The maximum Gasteiger partial charge on any atom is 0.228 e. The number of amides is 1. The van der Waals surface area contributed by atoms with E-state index < -0.39 is 0 Å². The molecule has 0 aliphatic carbocycles. The number of carbonyl (C=O) groups is 1. The Kier molecular flexibility index (Phi) is 5.83. The van der Waals surface area contributed by atoms with Crippen molar-refractivity contribution < 1.29 is 14.3 Å². The standard InChI is InChI=1S/C18H21NO3/c1-3-21-16-11-10-15(13-17(16)22-4-2)19-18(20)12-14-8-6-5-7-9-14/h5-11,13H,3-4,12H2,1-2H3,(H,19,20). The van der Waals surface area contributed by atoms with Gasteiger partial charge in [-0.2, -0.15) is 0 Å². The van der Waals surface area contributed by atoms with Crippen molar-refractivity contribution in [1.29, 1.82) is 0 Å². The zero-order valence-electron chi connectivity index (χ0n) is 13.0. The van der Waals surface area contributed by atoms with Crippen LogP contribution in [0.5, 0.6) is 11.5 Å². The van der Waals surface area contributed by atoms with Gasteiger partial charge in [0.05, 0.1) is 19.6 Å². The third-order valence-corrected chi connectivity index (χ3v) is 3.03. The summed E-state index contributed by atoms with van der Waals surface area (Å²) in [6, 6.07) is 15.1. The van der Waals surface area contributed by atoms with Crippen LogP contribution in [0.4, 0.5) is 5.69 Å². The number of anilines is 1. The fraction of sp³-hybridized carbons (Fsp3) is 0.278. The molecule has 2 rings (SSSR count). The lowest BCUT2D eigenvalue weighted by atomic mass is 10.1. The Morgan fingerprint density at radius 2 is 1.64 bits per heavy atom.